The number of carbonyl (C=O) groups is 1. The average molecular weight is 310 g/mol. The predicted octanol–water partition coefficient (Wildman–Crippen LogP) is 3.85. The van der Waals surface area contributed by atoms with Crippen molar-refractivity contribution in [2.75, 3.05) is 13.1 Å². The number of carboxylic acid groups (broad SMARTS) is 1. The molecule has 0 amide bonds. The Morgan fingerprint density at radius 2 is 2.10 bits per heavy atom. The van der Waals surface area contributed by atoms with Crippen molar-refractivity contribution >= 4 is 17.6 Å². The van der Waals surface area contributed by atoms with Gasteiger partial charge in [-0.05, 0) is 50.4 Å². The molecule has 1 aromatic carbocycles. The molecular formula is C17H24ClNO2. The fraction of sp³-hybridized carbons (Fsp3) is 0.588. The molecule has 1 aliphatic heterocycles. The molecule has 1 heterocycles. The maximum atomic E-state index is 11.6. The second-order valence-corrected chi connectivity index (χ2v) is 6.67. The van der Waals surface area contributed by atoms with E-state index in [2.05, 4.69) is 18.7 Å². The molecule has 1 N–H and O–H groups in total. The summed E-state index contributed by atoms with van der Waals surface area (Å²) >= 11 is 5.91. The van der Waals surface area contributed by atoms with E-state index in [1.165, 1.54) is 5.56 Å². The zero-order valence-corrected chi connectivity index (χ0v) is 13.6. The van der Waals surface area contributed by atoms with Crippen LogP contribution in [0, 0.1) is 5.41 Å². The Kier molecular flexibility index (Phi) is 5.28. The second-order valence-electron chi connectivity index (χ2n) is 6.24. The van der Waals surface area contributed by atoms with E-state index in [1.54, 1.807) is 0 Å². The first kappa shape index (κ1) is 16.3. The van der Waals surface area contributed by atoms with Gasteiger partial charge in [0.25, 0.3) is 0 Å². The van der Waals surface area contributed by atoms with E-state index in [4.69, 9.17) is 11.6 Å². The summed E-state index contributed by atoms with van der Waals surface area (Å²) in [7, 11) is 0. The quantitative estimate of drug-likeness (QED) is 0.867. The summed E-state index contributed by atoms with van der Waals surface area (Å²) < 4.78 is 0. The van der Waals surface area contributed by atoms with Crippen LogP contribution in [0.2, 0.25) is 5.02 Å². The van der Waals surface area contributed by atoms with Gasteiger partial charge in [0, 0.05) is 17.6 Å². The lowest BCUT2D eigenvalue weighted by Crippen LogP contribution is -2.38. The summed E-state index contributed by atoms with van der Waals surface area (Å²) in [6, 6.07) is 8.26. The summed E-state index contributed by atoms with van der Waals surface area (Å²) in [5, 5.41) is 10.3. The Morgan fingerprint density at radius 3 is 2.67 bits per heavy atom. The molecule has 1 saturated heterocycles. The standard InChI is InChI=1S/C17H24ClNO2/c1-3-8-17(16(20)21)9-10-19(12-17)13(2)11-14-4-6-15(18)7-5-14/h4-7,13H,3,8-12H2,1-2H3,(H,20,21). The molecule has 3 nitrogen and oxygen atoms in total. The van der Waals surface area contributed by atoms with Gasteiger partial charge in [-0.2, -0.15) is 0 Å². The van der Waals surface area contributed by atoms with Crippen LogP contribution in [0.25, 0.3) is 0 Å². The van der Waals surface area contributed by atoms with Crippen LogP contribution in [0.5, 0.6) is 0 Å². The maximum Gasteiger partial charge on any atom is 0.310 e. The van der Waals surface area contributed by atoms with E-state index < -0.39 is 11.4 Å². The lowest BCUT2D eigenvalue weighted by molar-refractivity contribution is -0.148. The fourth-order valence-electron chi connectivity index (χ4n) is 3.34. The summed E-state index contributed by atoms with van der Waals surface area (Å²) in [5.41, 5.74) is 0.707. The summed E-state index contributed by atoms with van der Waals surface area (Å²) in [5.74, 6) is -0.634. The maximum absolute atomic E-state index is 11.6. The number of hydrogen-bond acceptors (Lipinski definition) is 2. The van der Waals surface area contributed by atoms with Gasteiger partial charge in [-0.1, -0.05) is 37.1 Å². The summed E-state index contributed by atoms with van der Waals surface area (Å²) in [6.07, 6.45) is 3.39. The number of nitrogens with zero attached hydrogens (tertiary/aromatic N) is 1. The molecule has 0 radical (unpaired) electrons. The Morgan fingerprint density at radius 1 is 1.43 bits per heavy atom. The molecule has 4 heteroatoms. The minimum Gasteiger partial charge on any atom is -0.481 e. The Bertz CT molecular complexity index is 488. The van der Waals surface area contributed by atoms with Gasteiger partial charge in [-0.25, -0.2) is 0 Å². The van der Waals surface area contributed by atoms with Gasteiger partial charge in [0.05, 0.1) is 5.41 Å². The zero-order chi connectivity index (χ0) is 15.5. The van der Waals surface area contributed by atoms with Crippen molar-refractivity contribution in [2.24, 2.45) is 5.41 Å². The number of carboxylic acids is 1. The molecule has 1 aromatic rings. The molecule has 0 bridgehead atoms. The Labute approximate surface area is 131 Å². The van der Waals surface area contributed by atoms with Crippen molar-refractivity contribution in [1.29, 1.82) is 0 Å². The van der Waals surface area contributed by atoms with Gasteiger partial charge < -0.3 is 5.11 Å². The van der Waals surface area contributed by atoms with Crippen LogP contribution in [0.3, 0.4) is 0 Å². The van der Waals surface area contributed by atoms with Crippen molar-refractivity contribution in [3.05, 3.63) is 34.9 Å². The van der Waals surface area contributed by atoms with E-state index in [0.29, 0.717) is 12.6 Å². The molecule has 0 aromatic heterocycles. The smallest absolute Gasteiger partial charge is 0.310 e. The Hall–Kier alpha value is -1.06. The lowest BCUT2D eigenvalue weighted by Gasteiger charge is -2.28. The highest BCUT2D eigenvalue weighted by molar-refractivity contribution is 6.30. The third-order valence-corrected chi connectivity index (χ3v) is 4.89. The van der Waals surface area contributed by atoms with Crippen molar-refractivity contribution in [1.82, 2.24) is 4.90 Å². The topological polar surface area (TPSA) is 40.5 Å². The molecule has 0 spiro atoms. The van der Waals surface area contributed by atoms with Gasteiger partial charge in [0.2, 0.25) is 0 Å². The first-order valence-electron chi connectivity index (χ1n) is 7.69. The highest BCUT2D eigenvalue weighted by Crippen LogP contribution is 2.36. The molecule has 1 fully saturated rings. The second kappa shape index (κ2) is 6.80. The minimum absolute atomic E-state index is 0.351. The van der Waals surface area contributed by atoms with E-state index in [1.807, 2.05) is 24.3 Å². The molecule has 1 aliphatic rings. The minimum atomic E-state index is -0.634. The van der Waals surface area contributed by atoms with Gasteiger partial charge in [-0.15, -0.1) is 0 Å². The van der Waals surface area contributed by atoms with Gasteiger partial charge >= 0.3 is 5.97 Å². The van der Waals surface area contributed by atoms with E-state index in [-0.39, 0.29) is 0 Å². The van der Waals surface area contributed by atoms with Crippen molar-refractivity contribution in [3.63, 3.8) is 0 Å². The molecule has 2 atom stereocenters. The van der Waals surface area contributed by atoms with Crippen LogP contribution in [0.4, 0.5) is 0 Å². The third-order valence-electron chi connectivity index (χ3n) is 4.63. The van der Waals surface area contributed by atoms with Crippen molar-refractivity contribution in [3.8, 4) is 0 Å². The van der Waals surface area contributed by atoms with E-state index in [9.17, 15) is 9.90 Å². The SMILES string of the molecule is CCCC1(C(=O)O)CCN(C(C)Cc2ccc(Cl)cc2)C1. The van der Waals surface area contributed by atoms with Crippen molar-refractivity contribution in [2.45, 2.75) is 45.6 Å². The Balaban J connectivity index is 1.99. The third kappa shape index (κ3) is 3.78. The van der Waals surface area contributed by atoms with Gasteiger partial charge in [-0.3, -0.25) is 9.69 Å². The van der Waals surface area contributed by atoms with Crippen LogP contribution in [-0.4, -0.2) is 35.1 Å². The normalized spacial score (nSPS) is 24.1. The molecule has 21 heavy (non-hydrogen) atoms. The monoisotopic (exact) mass is 309 g/mol. The largest absolute Gasteiger partial charge is 0.481 e. The highest BCUT2D eigenvalue weighted by Gasteiger charge is 2.44. The lowest BCUT2D eigenvalue weighted by atomic mass is 9.82. The number of rotatable bonds is 6. The number of likely N-dealkylation sites (tertiary alicyclic amines) is 1. The number of aliphatic carboxylic acids is 1. The molecule has 0 saturated carbocycles. The van der Waals surface area contributed by atoms with Crippen LogP contribution < -0.4 is 0 Å². The van der Waals surface area contributed by atoms with E-state index in [0.717, 1.165) is 37.3 Å². The number of hydrogen-bond donors (Lipinski definition) is 1. The fourth-order valence-corrected chi connectivity index (χ4v) is 3.46. The zero-order valence-electron chi connectivity index (χ0n) is 12.8. The average Bonchev–Trinajstić information content (AvgIpc) is 2.88. The predicted molar refractivity (Wildman–Crippen MR) is 85.8 cm³/mol. The van der Waals surface area contributed by atoms with Crippen LogP contribution in [0.1, 0.15) is 38.7 Å². The van der Waals surface area contributed by atoms with Crippen molar-refractivity contribution < 1.29 is 9.90 Å². The first-order valence-corrected chi connectivity index (χ1v) is 8.06. The summed E-state index contributed by atoms with van der Waals surface area (Å²) in [6.45, 7) is 5.79. The van der Waals surface area contributed by atoms with E-state index >= 15 is 0 Å². The highest BCUT2D eigenvalue weighted by atomic mass is 35.5. The first-order chi connectivity index (χ1) is 9.97. The summed E-state index contributed by atoms with van der Waals surface area (Å²) in [4.78, 5) is 14.0. The molecule has 116 valence electrons. The van der Waals surface area contributed by atoms with Crippen LogP contribution in [-0.2, 0) is 11.2 Å². The molecule has 2 unspecified atom stereocenters. The van der Waals surface area contributed by atoms with Crippen LogP contribution >= 0.6 is 11.6 Å². The number of halogens is 1. The van der Waals surface area contributed by atoms with Gasteiger partial charge in [0.1, 0.15) is 0 Å². The molecular weight excluding hydrogens is 286 g/mol. The van der Waals surface area contributed by atoms with Gasteiger partial charge in [0.15, 0.2) is 0 Å². The molecule has 2 rings (SSSR count). The molecule has 0 aliphatic carbocycles. The number of benzene rings is 1. The van der Waals surface area contributed by atoms with Crippen LogP contribution in [0.15, 0.2) is 24.3 Å².